The van der Waals surface area contributed by atoms with E-state index < -0.39 is 10.1 Å². The van der Waals surface area contributed by atoms with E-state index in [4.69, 9.17) is 8.92 Å². The second kappa shape index (κ2) is 10.4. The van der Waals surface area contributed by atoms with E-state index in [9.17, 15) is 13.2 Å². The second-order valence-corrected chi connectivity index (χ2v) is 9.44. The van der Waals surface area contributed by atoms with E-state index in [2.05, 4.69) is 15.5 Å². The summed E-state index contributed by atoms with van der Waals surface area (Å²) in [6.45, 7) is 3.91. The average molecular weight is 474 g/mol. The number of carbonyl (C=O) groups is 1. The van der Waals surface area contributed by atoms with E-state index in [1.165, 1.54) is 42.7 Å². The minimum absolute atomic E-state index is 0.0459. The molecule has 8 nitrogen and oxygen atoms in total. The van der Waals surface area contributed by atoms with Gasteiger partial charge in [-0.05, 0) is 49.2 Å². The molecule has 0 bridgehead atoms. The Bertz CT molecular complexity index is 1220. The smallest absolute Gasteiger partial charge is 0.339 e. The molecule has 0 spiro atoms. The zero-order valence-corrected chi connectivity index (χ0v) is 19.5. The van der Waals surface area contributed by atoms with Crippen molar-refractivity contribution < 1.29 is 22.1 Å². The van der Waals surface area contributed by atoms with E-state index in [-0.39, 0.29) is 22.3 Å². The van der Waals surface area contributed by atoms with Gasteiger partial charge in [-0.3, -0.25) is 10.1 Å². The van der Waals surface area contributed by atoms with Crippen molar-refractivity contribution >= 4 is 38.6 Å². The van der Waals surface area contributed by atoms with Crippen molar-refractivity contribution in [3.63, 3.8) is 0 Å². The molecule has 0 atom stereocenters. The molecular formula is C22H23N3O5S2. The van der Waals surface area contributed by atoms with Gasteiger partial charge < -0.3 is 8.92 Å². The summed E-state index contributed by atoms with van der Waals surface area (Å²) in [4.78, 5) is 12.2. The number of nitrogens with zero attached hydrogens (tertiary/aromatic N) is 2. The van der Waals surface area contributed by atoms with Gasteiger partial charge >= 0.3 is 10.1 Å². The molecule has 1 amide bonds. The Morgan fingerprint density at radius 3 is 2.56 bits per heavy atom. The normalized spacial score (nSPS) is 11.5. The van der Waals surface area contributed by atoms with Crippen LogP contribution in [-0.2, 0) is 21.3 Å². The Labute approximate surface area is 191 Å². The Hall–Kier alpha value is -3.24. The van der Waals surface area contributed by atoms with Crippen molar-refractivity contribution in [1.29, 1.82) is 0 Å². The first kappa shape index (κ1) is 23.4. The number of methoxy groups -OCH3 is 1. The topological polar surface area (TPSA) is 107 Å². The third-order valence-corrected chi connectivity index (χ3v) is 6.43. The molecule has 0 radical (unpaired) electrons. The van der Waals surface area contributed by atoms with E-state index in [1.54, 1.807) is 30.3 Å². The first-order valence-corrected chi connectivity index (χ1v) is 12.0. The lowest BCUT2D eigenvalue weighted by Gasteiger charge is -2.11. The summed E-state index contributed by atoms with van der Waals surface area (Å²) in [5.41, 5.74) is 1.57. The molecule has 0 aliphatic rings. The molecule has 168 valence electrons. The van der Waals surface area contributed by atoms with Gasteiger partial charge in [0.1, 0.15) is 9.90 Å². The Morgan fingerprint density at radius 1 is 1.12 bits per heavy atom. The third kappa shape index (κ3) is 6.14. The quantitative estimate of drug-likeness (QED) is 0.366. The number of ether oxygens (including phenoxy) is 1. The number of nitrogens with one attached hydrogen (secondary N) is 1. The van der Waals surface area contributed by atoms with Gasteiger partial charge in [0.2, 0.25) is 11.0 Å². The van der Waals surface area contributed by atoms with Crippen LogP contribution < -0.4 is 14.2 Å². The lowest BCUT2D eigenvalue weighted by Crippen LogP contribution is -2.10. The maximum Gasteiger partial charge on any atom is 0.339 e. The van der Waals surface area contributed by atoms with Crippen molar-refractivity contribution in [2.24, 2.45) is 0 Å². The van der Waals surface area contributed by atoms with E-state index >= 15 is 0 Å². The van der Waals surface area contributed by atoms with Crippen LogP contribution in [-0.4, -0.2) is 31.6 Å². The van der Waals surface area contributed by atoms with E-state index in [0.717, 1.165) is 23.4 Å². The Morgan fingerprint density at radius 2 is 1.88 bits per heavy atom. The number of anilines is 1. The largest absolute Gasteiger partial charge is 0.493 e. The molecule has 1 N–H and O–H groups in total. The zero-order valence-electron chi connectivity index (χ0n) is 17.9. The number of hydrogen-bond donors (Lipinski definition) is 1. The van der Waals surface area contributed by atoms with Crippen molar-refractivity contribution in [1.82, 2.24) is 10.2 Å². The van der Waals surface area contributed by atoms with Crippen LogP contribution in [0, 0.1) is 6.92 Å². The number of carbonyl (C=O) groups excluding carboxylic acids is 1. The summed E-state index contributed by atoms with van der Waals surface area (Å²) in [6.07, 6.45) is 4.69. The summed E-state index contributed by atoms with van der Waals surface area (Å²) in [7, 11) is -2.61. The summed E-state index contributed by atoms with van der Waals surface area (Å²) in [6, 6.07) is 11.0. The van der Waals surface area contributed by atoms with Gasteiger partial charge in [0.25, 0.3) is 0 Å². The van der Waals surface area contributed by atoms with Crippen molar-refractivity contribution in [3.8, 4) is 11.5 Å². The van der Waals surface area contributed by atoms with Gasteiger partial charge in [0.05, 0.1) is 7.11 Å². The molecule has 3 aromatic rings. The fraction of sp³-hybridized carbons (Fsp3) is 0.227. The summed E-state index contributed by atoms with van der Waals surface area (Å²) >= 11 is 1.34. The van der Waals surface area contributed by atoms with Crippen LogP contribution in [0.25, 0.3) is 6.08 Å². The summed E-state index contributed by atoms with van der Waals surface area (Å²) in [5, 5.41) is 11.9. The number of rotatable bonds is 9. The highest BCUT2D eigenvalue weighted by molar-refractivity contribution is 7.87. The first-order chi connectivity index (χ1) is 15.3. The SMILES string of the molecule is CCCc1nnc(NC(=O)/C=C/c2ccc(OS(=O)(=O)c3ccc(C)cc3)c(OC)c2)s1. The molecule has 32 heavy (non-hydrogen) atoms. The van der Waals surface area contributed by atoms with Gasteiger partial charge in [-0.25, -0.2) is 0 Å². The Balaban J connectivity index is 1.70. The number of amides is 1. The molecule has 0 unspecified atom stereocenters. The van der Waals surface area contributed by atoms with Gasteiger partial charge in [-0.2, -0.15) is 8.42 Å². The van der Waals surface area contributed by atoms with Crippen LogP contribution in [0.2, 0.25) is 0 Å². The highest BCUT2D eigenvalue weighted by Crippen LogP contribution is 2.31. The Kier molecular flexibility index (Phi) is 7.60. The second-order valence-electron chi connectivity index (χ2n) is 6.83. The fourth-order valence-electron chi connectivity index (χ4n) is 2.67. The molecular weight excluding hydrogens is 450 g/mol. The maximum absolute atomic E-state index is 12.5. The highest BCUT2D eigenvalue weighted by atomic mass is 32.2. The molecule has 10 heteroatoms. The number of hydrogen-bond acceptors (Lipinski definition) is 8. The molecule has 0 fully saturated rings. The molecule has 0 saturated heterocycles. The predicted octanol–water partition coefficient (Wildman–Crippen LogP) is 4.23. The lowest BCUT2D eigenvalue weighted by atomic mass is 10.2. The monoisotopic (exact) mass is 473 g/mol. The van der Waals surface area contributed by atoms with Crippen LogP contribution in [0.5, 0.6) is 11.5 Å². The lowest BCUT2D eigenvalue weighted by molar-refractivity contribution is -0.111. The van der Waals surface area contributed by atoms with Gasteiger partial charge in [-0.15, -0.1) is 10.2 Å². The molecule has 1 aromatic heterocycles. The molecule has 0 aliphatic heterocycles. The van der Waals surface area contributed by atoms with Crippen molar-refractivity contribution in [2.75, 3.05) is 12.4 Å². The molecule has 1 heterocycles. The number of aryl methyl sites for hydroxylation is 2. The molecule has 3 rings (SSSR count). The minimum Gasteiger partial charge on any atom is -0.493 e. The minimum atomic E-state index is -4.01. The zero-order chi connectivity index (χ0) is 23.1. The van der Waals surface area contributed by atoms with Crippen LogP contribution in [0.1, 0.15) is 29.5 Å². The standard InChI is InChI=1S/C22H23N3O5S2/c1-4-5-21-24-25-22(31-21)23-20(26)13-9-16-8-12-18(19(14-16)29-3)30-32(27,28)17-10-6-15(2)7-11-17/h6-14H,4-5H2,1-3H3,(H,23,25,26)/b13-9+. The molecule has 0 saturated carbocycles. The van der Waals surface area contributed by atoms with Crippen LogP contribution in [0.3, 0.4) is 0 Å². The molecule has 2 aromatic carbocycles. The van der Waals surface area contributed by atoms with Crippen LogP contribution >= 0.6 is 11.3 Å². The van der Waals surface area contributed by atoms with Gasteiger partial charge in [0, 0.05) is 12.5 Å². The van der Waals surface area contributed by atoms with E-state index in [1.807, 2.05) is 13.8 Å². The van der Waals surface area contributed by atoms with Gasteiger partial charge in [-0.1, -0.05) is 42.0 Å². The highest BCUT2D eigenvalue weighted by Gasteiger charge is 2.19. The number of benzene rings is 2. The molecule has 0 aliphatic carbocycles. The summed E-state index contributed by atoms with van der Waals surface area (Å²) in [5.74, 6) is -0.0889. The fourth-order valence-corrected chi connectivity index (χ4v) is 4.45. The van der Waals surface area contributed by atoms with Gasteiger partial charge in [0.15, 0.2) is 11.5 Å². The van der Waals surface area contributed by atoms with E-state index in [0.29, 0.717) is 10.7 Å². The average Bonchev–Trinajstić information content (AvgIpc) is 3.20. The summed E-state index contributed by atoms with van der Waals surface area (Å²) < 4.78 is 35.6. The van der Waals surface area contributed by atoms with Crippen molar-refractivity contribution in [3.05, 3.63) is 64.7 Å². The number of aromatic nitrogens is 2. The first-order valence-electron chi connectivity index (χ1n) is 9.81. The van der Waals surface area contributed by atoms with Crippen LogP contribution in [0.4, 0.5) is 5.13 Å². The predicted molar refractivity (Wildman–Crippen MR) is 124 cm³/mol. The van der Waals surface area contributed by atoms with Crippen molar-refractivity contribution in [2.45, 2.75) is 31.6 Å². The third-order valence-electron chi connectivity index (χ3n) is 4.28. The van der Waals surface area contributed by atoms with Crippen LogP contribution in [0.15, 0.2) is 53.4 Å². The maximum atomic E-state index is 12.5.